The molecule has 0 aliphatic heterocycles. The molecule has 0 saturated heterocycles. The smallest absolute Gasteiger partial charge is 0.454 e. The van der Waals surface area contributed by atoms with E-state index in [9.17, 15) is 35.9 Å². The lowest BCUT2D eigenvalue weighted by Crippen LogP contribution is -2.22. The minimum atomic E-state index is -5.12. The van der Waals surface area contributed by atoms with Crippen molar-refractivity contribution in [2.75, 3.05) is 0 Å². The minimum absolute atomic E-state index is 0.0675. The van der Waals surface area contributed by atoms with Crippen LogP contribution < -0.4 is 0 Å². The average molecular weight is 374 g/mol. The molecule has 3 nitrogen and oxygen atoms in total. The summed E-state index contributed by atoms with van der Waals surface area (Å²) in [6.45, 7) is 3.48. The average Bonchev–Trinajstić information content (AvgIpc) is 2.47. The van der Waals surface area contributed by atoms with Gasteiger partial charge in [0.05, 0.1) is 0 Å². The van der Waals surface area contributed by atoms with Gasteiger partial charge in [0.25, 0.3) is 11.6 Å². The van der Waals surface area contributed by atoms with Crippen LogP contribution in [0.2, 0.25) is 0 Å². The van der Waals surface area contributed by atoms with E-state index in [0.29, 0.717) is 25.7 Å². The van der Waals surface area contributed by atoms with Gasteiger partial charge in [-0.15, -0.1) is 0 Å². The van der Waals surface area contributed by atoms with Gasteiger partial charge in [0.2, 0.25) is 0 Å². The summed E-state index contributed by atoms with van der Waals surface area (Å²) in [6.07, 6.45) is -8.07. The highest BCUT2D eigenvalue weighted by Gasteiger charge is 2.38. The fourth-order valence-corrected chi connectivity index (χ4v) is 1.63. The van der Waals surface area contributed by atoms with E-state index < -0.39 is 35.4 Å². The molecule has 0 N–H and O–H groups in total. The number of carbonyl (C=O) groups excluding carboxylic acids is 2. The van der Waals surface area contributed by atoms with E-state index in [2.05, 4.69) is 0 Å². The maximum atomic E-state index is 12.4. The Bertz CT molecular complexity index is 469. The molecule has 0 spiro atoms. The van der Waals surface area contributed by atoms with Crippen molar-refractivity contribution >= 4 is 11.6 Å². The van der Waals surface area contributed by atoms with Crippen molar-refractivity contribution in [1.82, 2.24) is 0 Å². The summed E-state index contributed by atoms with van der Waals surface area (Å²) in [7, 11) is 0. The Kier molecular flexibility index (Phi) is 9.51. The molecule has 0 heterocycles. The topological polar surface area (TPSA) is 43.4 Å². The SMILES string of the molecule is CCCC/C(=C/C(=O)C(F)(F)F)O/C(=C\C(=O)C(F)(F)F)CCCC. The van der Waals surface area contributed by atoms with E-state index in [1.54, 1.807) is 13.8 Å². The molecule has 0 aromatic heterocycles. The zero-order valence-electron chi connectivity index (χ0n) is 13.9. The molecular formula is C16H20F6O3. The minimum Gasteiger partial charge on any atom is -0.466 e. The Labute approximate surface area is 141 Å². The van der Waals surface area contributed by atoms with Crippen molar-refractivity contribution in [2.45, 2.75) is 64.7 Å². The van der Waals surface area contributed by atoms with Crippen LogP contribution in [0.3, 0.4) is 0 Å². The molecule has 0 aromatic rings. The predicted molar refractivity (Wildman–Crippen MR) is 78.4 cm³/mol. The van der Waals surface area contributed by atoms with Gasteiger partial charge >= 0.3 is 12.4 Å². The molecule has 25 heavy (non-hydrogen) atoms. The maximum Gasteiger partial charge on any atom is 0.454 e. The quantitative estimate of drug-likeness (QED) is 0.292. The predicted octanol–water partition coefficient (Wildman–Crippen LogP) is 5.41. The normalized spacial score (nSPS) is 13.8. The molecule has 0 saturated carbocycles. The third kappa shape index (κ3) is 9.93. The van der Waals surface area contributed by atoms with Gasteiger partial charge in [-0.25, -0.2) is 0 Å². The van der Waals surface area contributed by atoms with Crippen molar-refractivity contribution in [1.29, 1.82) is 0 Å². The van der Waals surface area contributed by atoms with Gasteiger partial charge in [-0.3, -0.25) is 9.59 Å². The van der Waals surface area contributed by atoms with Crippen molar-refractivity contribution in [3.63, 3.8) is 0 Å². The van der Waals surface area contributed by atoms with E-state index in [1.807, 2.05) is 0 Å². The molecular weight excluding hydrogens is 354 g/mol. The van der Waals surface area contributed by atoms with Gasteiger partial charge in [0.15, 0.2) is 0 Å². The van der Waals surface area contributed by atoms with Gasteiger partial charge in [-0.05, 0) is 12.8 Å². The number of rotatable bonds is 10. The number of carbonyl (C=O) groups is 2. The zero-order chi connectivity index (χ0) is 19.7. The molecule has 0 aliphatic rings. The Morgan fingerprint density at radius 3 is 1.32 bits per heavy atom. The van der Waals surface area contributed by atoms with Crippen molar-refractivity contribution in [3.05, 3.63) is 23.7 Å². The second-order valence-electron chi connectivity index (χ2n) is 5.25. The van der Waals surface area contributed by atoms with Gasteiger partial charge in [0, 0.05) is 25.0 Å². The van der Waals surface area contributed by atoms with E-state index >= 15 is 0 Å². The third-order valence-corrected chi connectivity index (χ3v) is 2.96. The first kappa shape index (κ1) is 23.2. The summed E-state index contributed by atoms with van der Waals surface area (Å²) < 4.78 is 79.3. The summed E-state index contributed by atoms with van der Waals surface area (Å²) in [5.74, 6) is -5.17. The van der Waals surface area contributed by atoms with Crippen LogP contribution in [-0.2, 0) is 14.3 Å². The Hall–Kier alpha value is -1.80. The van der Waals surface area contributed by atoms with Crippen LogP contribution in [0, 0.1) is 0 Å². The highest BCUT2D eigenvalue weighted by Crippen LogP contribution is 2.24. The first-order valence-electron chi connectivity index (χ1n) is 7.73. The zero-order valence-corrected chi connectivity index (χ0v) is 13.9. The monoisotopic (exact) mass is 374 g/mol. The van der Waals surface area contributed by atoms with Gasteiger partial charge in [-0.1, -0.05) is 26.7 Å². The molecule has 0 bridgehead atoms. The number of allylic oxidation sites excluding steroid dienone is 4. The summed E-state index contributed by atoms with van der Waals surface area (Å²) in [5, 5.41) is 0. The lowest BCUT2D eigenvalue weighted by atomic mass is 10.1. The largest absolute Gasteiger partial charge is 0.466 e. The molecule has 0 atom stereocenters. The lowest BCUT2D eigenvalue weighted by molar-refractivity contribution is -0.165. The van der Waals surface area contributed by atoms with Crippen molar-refractivity contribution in [2.24, 2.45) is 0 Å². The second-order valence-corrected chi connectivity index (χ2v) is 5.25. The summed E-state index contributed by atoms with van der Waals surface area (Å²) in [6, 6.07) is 0. The number of unbranched alkanes of at least 4 members (excludes halogenated alkanes) is 2. The number of hydrogen-bond acceptors (Lipinski definition) is 3. The standard InChI is InChI=1S/C16H20F6O3/c1-3-5-7-11(9-13(23)15(17,18)19)25-12(8-6-4-2)10-14(24)16(20,21)22/h9-10H,3-8H2,1-2H3/b11-9-,12-10-. The molecule has 0 radical (unpaired) electrons. The van der Waals surface area contributed by atoms with Crippen molar-refractivity contribution < 1.29 is 40.7 Å². The first-order chi connectivity index (χ1) is 11.4. The first-order valence-corrected chi connectivity index (χ1v) is 7.73. The molecule has 0 unspecified atom stereocenters. The van der Waals surface area contributed by atoms with Gasteiger partial charge in [-0.2, -0.15) is 26.3 Å². The maximum absolute atomic E-state index is 12.4. The lowest BCUT2D eigenvalue weighted by Gasteiger charge is -2.14. The fraction of sp³-hybridized carbons (Fsp3) is 0.625. The molecule has 9 heteroatoms. The van der Waals surface area contributed by atoms with E-state index in [-0.39, 0.29) is 25.0 Å². The highest BCUT2D eigenvalue weighted by atomic mass is 19.4. The fourth-order valence-electron chi connectivity index (χ4n) is 1.63. The van der Waals surface area contributed by atoms with E-state index in [0.717, 1.165) is 0 Å². The van der Waals surface area contributed by atoms with E-state index in [4.69, 9.17) is 4.74 Å². The molecule has 0 rings (SSSR count). The second kappa shape index (κ2) is 10.2. The highest BCUT2D eigenvalue weighted by molar-refractivity contribution is 5.95. The molecule has 0 aromatic carbocycles. The molecule has 0 aliphatic carbocycles. The van der Waals surface area contributed by atoms with E-state index in [1.165, 1.54) is 0 Å². The third-order valence-electron chi connectivity index (χ3n) is 2.96. The van der Waals surface area contributed by atoms with Gasteiger partial charge in [0.1, 0.15) is 11.5 Å². The summed E-state index contributed by atoms with van der Waals surface area (Å²) in [5.41, 5.74) is 0. The molecule has 0 amide bonds. The summed E-state index contributed by atoms with van der Waals surface area (Å²) >= 11 is 0. The van der Waals surface area contributed by atoms with Crippen LogP contribution in [0.4, 0.5) is 26.3 Å². The van der Waals surface area contributed by atoms with Crippen LogP contribution in [0.5, 0.6) is 0 Å². The van der Waals surface area contributed by atoms with Crippen LogP contribution in [-0.4, -0.2) is 23.9 Å². The van der Waals surface area contributed by atoms with Crippen LogP contribution in [0.1, 0.15) is 52.4 Å². The van der Waals surface area contributed by atoms with Crippen molar-refractivity contribution in [3.8, 4) is 0 Å². The number of alkyl halides is 6. The molecule has 0 fully saturated rings. The Balaban J connectivity index is 5.51. The van der Waals surface area contributed by atoms with Crippen LogP contribution in [0.25, 0.3) is 0 Å². The number of ketones is 2. The van der Waals surface area contributed by atoms with Crippen LogP contribution >= 0.6 is 0 Å². The number of halogens is 6. The molecule has 144 valence electrons. The number of ether oxygens (including phenoxy) is 1. The number of hydrogen-bond donors (Lipinski definition) is 0. The Morgan fingerprint density at radius 2 is 1.08 bits per heavy atom. The van der Waals surface area contributed by atoms with Gasteiger partial charge < -0.3 is 4.74 Å². The summed E-state index contributed by atoms with van der Waals surface area (Å²) in [4.78, 5) is 22.1. The Morgan fingerprint density at radius 1 is 0.760 bits per heavy atom. The van der Waals surface area contributed by atoms with Crippen LogP contribution in [0.15, 0.2) is 23.7 Å².